The van der Waals surface area contributed by atoms with Crippen LogP contribution in [-0.2, 0) is 26.9 Å². The van der Waals surface area contributed by atoms with Gasteiger partial charge in [0.2, 0.25) is 5.91 Å². The zero-order valence-electron chi connectivity index (χ0n) is 18.4. The fourth-order valence-corrected chi connectivity index (χ4v) is 4.11. The zero-order chi connectivity index (χ0) is 23.8. The van der Waals surface area contributed by atoms with Gasteiger partial charge in [-0.1, -0.05) is 19.4 Å². The van der Waals surface area contributed by atoms with E-state index in [-0.39, 0.29) is 24.8 Å². The van der Waals surface area contributed by atoms with Crippen LogP contribution in [0, 0.1) is 0 Å². The first kappa shape index (κ1) is 25.0. The number of alkyl halides is 3. The largest absolute Gasteiger partial charge is 0.465 e. The number of piperazine rings is 1. The number of amides is 1. The quantitative estimate of drug-likeness (QED) is 0.431. The van der Waals surface area contributed by atoms with Crippen LogP contribution >= 0.6 is 11.3 Å². The van der Waals surface area contributed by atoms with Gasteiger partial charge in [0.05, 0.1) is 30.8 Å². The van der Waals surface area contributed by atoms with E-state index in [2.05, 4.69) is 10.3 Å². The molecule has 0 radical (unpaired) electrons. The van der Waals surface area contributed by atoms with Gasteiger partial charge >= 0.3 is 12.1 Å². The monoisotopic (exact) mass is 484 g/mol. The Kier molecular flexibility index (Phi) is 8.67. The number of anilines is 2. The summed E-state index contributed by atoms with van der Waals surface area (Å²) in [6, 6.07) is 5.29. The Labute approximate surface area is 194 Å². The Morgan fingerprint density at radius 3 is 2.67 bits per heavy atom. The van der Waals surface area contributed by atoms with Crippen molar-refractivity contribution in [2.45, 2.75) is 32.4 Å². The predicted molar refractivity (Wildman–Crippen MR) is 120 cm³/mol. The maximum absolute atomic E-state index is 12.9. The van der Waals surface area contributed by atoms with Crippen LogP contribution in [0.3, 0.4) is 0 Å². The third-order valence-electron chi connectivity index (χ3n) is 5.16. The molecular weight excluding hydrogens is 457 g/mol. The molecule has 0 unspecified atom stereocenters. The molecule has 1 aliphatic heterocycles. The van der Waals surface area contributed by atoms with Gasteiger partial charge in [0.15, 0.2) is 5.13 Å². The minimum Gasteiger partial charge on any atom is -0.465 e. The third-order valence-corrected chi connectivity index (χ3v) is 5.97. The number of thiazole rings is 1. The second kappa shape index (κ2) is 11.5. The lowest BCUT2D eigenvalue weighted by atomic mass is 10.1. The summed E-state index contributed by atoms with van der Waals surface area (Å²) in [6.07, 6.45) is -2.55. The van der Waals surface area contributed by atoms with Crippen LogP contribution in [0.5, 0.6) is 0 Å². The zero-order valence-corrected chi connectivity index (χ0v) is 19.2. The van der Waals surface area contributed by atoms with Gasteiger partial charge in [0.25, 0.3) is 0 Å². The number of hydrogen-bond acceptors (Lipinski definition) is 7. The van der Waals surface area contributed by atoms with Crippen LogP contribution in [-0.4, -0.2) is 61.1 Å². The van der Waals surface area contributed by atoms with Crippen molar-refractivity contribution in [2.24, 2.45) is 0 Å². The molecule has 0 aliphatic carbocycles. The van der Waals surface area contributed by atoms with Crippen molar-refractivity contribution in [3.63, 3.8) is 0 Å². The number of unbranched alkanes of at least 4 members (excludes halogenated alkanes) is 1. The van der Waals surface area contributed by atoms with Crippen molar-refractivity contribution < 1.29 is 27.5 Å². The van der Waals surface area contributed by atoms with E-state index in [4.69, 9.17) is 4.74 Å². The Hall–Kier alpha value is -2.66. The summed E-state index contributed by atoms with van der Waals surface area (Å²) in [6.45, 7) is 4.72. The molecule has 1 aromatic heterocycles. The third kappa shape index (κ3) is 7.71. The second-order valence-electron chi connectivity index (χ2n) is 7.75. The lowest BCUT2D eigenvalue weighted by Crippen LogP contribution is -2.48. The number of nitrogens with one attached hydrogen (secondary N) is 1. The van der Waals surface area contributed by atoms with Gasteiger partial charge in [0, 0.05) is 37.2 Å². The molecule has 0 bridgehead atoms. The number of halogens is 3. The first-order chi connectivity index (χ1) is 15.7. The Bertz CT molecular complexity index is 943. The van der Waals surface area contributed by atoms with E-state index >= 15 is 0 Å². The number of esters is 1. The predicted octanol–water partition coefficient (Wildman–Crippen LogP) is 3.81. The topological polar surface area (TPSA) is 74.8 Å². The maximum Gasteiger partial charge on any atom is 0.416 e. The van der Waals surface area contributed by atoms with E-state index < -0.39 is 11.7 Å². The van der Waals surface area contributed by atoms with Gasteiger partial charge in [-0.3, -0.25) is 14.5 Å². The van der Waals surface area contributed by atoms with Gasteiger partial charge in [-0.05, 0) is 24.6 Å². The summed E-state index contributed by atoms with van der Waals surface area (Å²) < 4.78 is 44.0. The molecule has 1 aromatic carbocycles. The summed E-state index contributed by atoms with van der Waals surface area (Å²) >= 11 is 1.24. The number of aromatic nitrogens is 1. The Morgan fingerprint density at radius 1 is 1.21 bits per heavy atom. The van der Waals surface area contributed by atoms with Gasteiger partial charge in [-0.2, -0.15) is 13.2 Å². The highest BCUT2D eigenvalue weighted by atomic mass is 32.1. The SMILES string of the molecule is CCCCOC(=O)Cc1csc(NC(=O)CN2CCN(c3cccc(C(F)(F)F)c3)CC2)n1. The molecule has 1 fully saturated rings. The van der Waals surface area contributed by atoms with E-state index in [9.17, 15) is 22.8 Å². The smallest absolute Gasteiger partial charge is 0.416 e. The molecule has 33 heavy (non-hydrogen) atoms. The fraction of sp³-hybridized carbons (Fsp3) is 0.500. The Balaban J connectivity index is 1.43. The van der Waals surface area contributed by atoms with Crippen molar-refractivity contribution in [1.29, 1.82) is 0 Å². The van der Waals surface area contributed by atoms with Crippen molar-refractivity contribution >= 4 is 34.0 Å². The lowest BCUT2D eigenvalue weighted by Gasteiger charge is -2.35. The highest BCUT2D eigenvalue weighted by molar-refractivity contribution is 7.13. The molecular formula is C22H27F3N4O3S. The minimum atomic E-state index is -4.37. The normalized spacial score (nSPS) is 14.8. The molecule has 2 aromatic rings. The van der Waals surface area contributed by atoms with Crippen LogP contribution < -0.4 is 10.2 Å². The van der Waals surface area contributed by atoms with Crippen molar-refractivity contribution in [1.82, 2.24) is 9.88 Å². The molecule has 7 nitrogen and oxygen atoms in total. The molecule has 3 rings (SSSR count). The molecule has 0 spiro atoms. The second-order valence-corrected chi connectivity index (χ2v) is 8.61. The summed E-state index contributed by atoms with van der Waals surface area (Å²) in [5.74, 6) is -0.570. The van der Waals surface area contributed by atoms with Gasteiger partial charge in [-0.15, -0.1) is 11.3 Å². The molecule has 2 heterocycles. The summed E-state index contributed by atoms with van der Waals surface area (Å²) in [5, 5.41) is 4.87. The molecule has 180 valence electrons. The van der Waals surface area contributed by atoms with Crippen molar-refractivity contribution in [3.8, 4) is 0 Å². The van der Waals surface area contributed by atoms with Crippen molar-refractivity contribution in [2.75, 3.05) is 49.5 Å². The molecule has 1 N–H and O–H groups in total. The highest BCUT2D eigenvalue weighted by Gasteiger charge is 2.31. The Morgan fingerprint density at radius 2 is 1.97 bits per heavy atom. The van der Waals surface area contributed by atoms with Crippen LogP contribution in [0.15, 0.2) is 29.6 Å². The summed E-state index contributed by atoms with van der Waals surface area (Å²) in [4.78, 5) is 32.2. The average molecular weight is 485 g/mol. The first-order valence-corrected chi connectivity index (χ1v) is 11.7. The minimum absolute atomic E-state index is 0.0631. The number of nitrogens with zero attached hydrogens (tertiary/aromatic N) is 3. The molecule has 0 atom stereocenters. The average Bonchev–Trinajstić information content (AvgIpc) is 3.20. The lowest BCUT2D eigenvalue weighted by molar-refractivity contribution is -0.143. The van der Waals surface area contributed by atoms with Gasteiger partial charge in [-0.25, -0.2) is 4.98 Å². The number of benzene rings is 1. The van der Waals surface area contributed by atoms with Crippen LogP contribution in [0.25, 0.3) is 0 Å². The molecule has 1 amide bonds. The fourth-order valence-electron chi connectivity index (χ4n) is 3.38. The van der Waals surface area contributed by atoms with Crippen LogP contribution in [0.4, 0.5) is 24.0 Å². The molecule has 1 saturated heterocycles. The maximum atomic E-state index is 12.9. The number of ether oxygens (including phenoxy) is 1. The summed E-state index contributed by atoms with van der Waals surface area (Å²) in [5.41, 5.74) is 0.405. The molecule has 11 heteroatoms. The van der Waals surface area contributed by atoms with E-state index in [0.29, 0.717) is 49.3 Å². The van der Waals surface area contributed by atoms with E-state index in [0.717, 1.165) is 25.0 Å². The van der Waals surface area contributed by atoms with Gasteiger partial charge < -0.3 is 15.0 Å². The van der Waals surface area contributed by atoms with E-state index in [1.54, 1.807) is 11.4 Å². The van der Waals surface area contributed by atoms with Crippen molar-refractivity contribution in [3.05, 3.63) is 40.9 Å². The standard InChI is InChI=1S/C22H27F3N4O3S/c1-2-3-11-32-20(31)13-17-15-33-21(26-17)27-19(30)14-28-7-9-29(10-8-28)18-6-4-5-16(12-18)22(23,24)25/h4-6,12,15H,2-3,7-11,13-14H2,1H3,(H,26,27,30). The van der Waals surface area contributed by atoms with Crippen LogP contribution in [0.1, 0.15) is 31.0 Å². The van der Waals surface area contributed by atoms with E-state index in [1.165, 1.54) is 17.4 Å². The van der Waals surface area contributed by atoms with E-state index in [1.807, 2.05) is 16.7 Å². The molecule has 0 saturated carbocycles. The van der Waals surface area contributed by atoms with Gasteiger partial charge in [0.1, 0.15) is 0 Å². The summed E-state index contributed by atoms with van der Waals surface area (Å²) in [7, 11) is 0. The first-order valence-electron chi connectivity index (χ1n) is 10.8. The number of hydrogen-bond donors (Lipinski definition) is 1. The number of carbonyl (C=O) groups excluding carboxylic acids is 2. The number of carbonyl (C=O) groups is 2. The highest BCUT2D eigenvalue weighted by Crippen LogP contribution is 2.31. The molecule has 1 aliphatic rings. The van der Waals surface area contributed by atoms with Crippen LogP contribution in [0.2, 0.25) is 0 Å². The number of rotatable bonds is 9.